The standard InChI is InChI=1S/C12H25/c1-7-12(5,6)9-11(4)8-10(2)3/h10-11H,2,7-9H2,1,3-6H3. The van der Waals surface area contributed by atoms with Crippen molar-refractivity contribution >= 4 is 0 Å². The molecule has 0 aliphatic rings. The molecule has 73 valence electrons. The van der Waals surface area contributed by atoms with Crippen LogP contribution in [0, 0.1) is 24.2 Å². The van der Waals surface area contributed by atoms with Gasteiger partial charge in [-0.15, -0.1) is 0 Å². The molecule has 1 radical (unpaired) electrons. The average molecular weight is 169 g/mol. The lowest BCUT2D eigenvalue weighted by Gasteiger charge is -2.27. The summed E-state index contributed by atoms with van der Waals surface area (Å²) in [4.78, 5) is 0. The van der Waals surface area contributed by atoms with Crippen LogP contribution in [0.4, 0.5) is 0 Å². The fourth-order valence-corrected chi connectivity index (χ4v) is 1.86. The maximum atomic E-state index is 4.03. The van der Waals surface area contributed by atoms with Gasteiger partial charge in [0.15, 0.2) is 0 Å². The highest BCUT2D eigenvalue weighted by Crippen LogP contribution is 2.31. The van der Waals surface area contributed by atoms with Crippen molar-refractivity contribution in [3.8, 4) is 0 Å². The van der Waals surface area contributed by atoms with E-state index >= 15 is 0 Å². The van der Waals surface area contributed by atoms with Crippen molar-refractivity contribution in [2.75, 3.05) is 0 Å². The third-order valence-electron chi connectivity index (χ3n) is 2.66. The normalized spacial score (nSPS) is 15.2. The highest BCUT2D eigenvalue weighted by molar-refractivity contribution is 4.71. The molecule has 2 atom stereocenters. The van der Waals surface area contributed by atoms with Gasteiger partial charge in [0.1, 0.15) is 0 Å². The fraction of sp³-hybridized carbons (Fsp3) is 0.917. The van der Waals surface area contributed by atoms with Gasteiger partial charge < -0.3 is 0 Å². The van der Waals surface area contributed by atoms with E-state index in [0.717, 1.165) is 5.92 Å². The maximum Gasteiger partial charge on any atom is -0.0354 e. The molecule has 0 heteroatoms. The fourth-order valence-electron chi connectivity index (χ4n) is 1.86. The predicted molar refractivity (Wildman–Crippen MR) is 57.0 cm³/mol. The van der Waals surface area contributed by atoms with Gasteiger partial charge in [-0.25, -0.2) is 0 Å². The van der Waals surface area contributed by atoms with E-state index in [1.807, 2.05) is 0 Å². The number of hydrogen-bond acceptors (Lipinski definition) is 0. The summed E-state index contributed by atoms with van der Waals surface area (Å²) >= 11 is 0. The van der Waals surface area contributed by atoms with Crippen LogP contribution in [0.3, 0.4) is 0 Å². The van der Waals surface area contributed by atoms with E-state index in [1.54, 1.807) is 0 Å². The lowest BCUT2D eigenvalue weighted by atomic mass is 9.79. The van der Waals surface area contributed by atoms with Crippen molar-refractivity contribution in [3.05, 3.63) is 6.92 Å². The van der Waals surface area contributed by atoms with Crippen molar-refractivity contribution in [1.82, 2.24) is 0 Å². The van der Waals surface area contributed by atoms with Gasteiger partial charge in [0.25, 0.3) is 0 Å². The maximum absolute atomic E-state index is 4.03. The highest BCUT2D eigenvalue weighted by Gasteiger charge is 2.19. The van der Waals surface area contributed by atoms with Crippen LogP contribution in [0.5, 0.6) is 0 Å². The zero-order chi connectivity index (χ0) is 9.78. The van der Waals surface area contributed by atoms with Crippen molar-refractivity contribution < 1.29 is 0 Å². The second kappa shape index (κ2) is 4.89. The molecule has 0 bridgehead atoms. The summed E-state index contributed by atoms with van der Waals surface area (Å²) in [6, 6.07) is 0. The summed E-state index contributed by atoms with van der Waals surface area (Å²) < 4.78 is 0. The average Bonchev–Trinajstić information content (AvgIpc) is 1.84. The monoisotopic (exact) mass is 169 g/mol. The van der Waals surface area contributed by atoms with Crippen molar-refractivity contribution in [1.29, 1.82) is 0 Å². The quantitative estimate of drug-likeness (QED) is 0.575. The Kier molecular flexibility index (Phi) is 4.89. The molecular formula is C12H25. The minimum absolute atomic E-state index is 0.522. The molecule has 0 fully saturated rings. The molecule has 0 nitrogen and oxygen atoms in total. The van der Waals surface area contributed by atoms with Crippen LogP contribution in [0.25, 0.3) is 0 Å². The molecule has 0 aromatic heterocycles. The Morgan fingerprint density at radius 3 is 2.08 bits per heavy atom. The SMILES string of the molecule is [CH2]C(C)CC(C)CC(C)(C)CC. The zero-order valence-electron chi connectivity index (χ0n) is 9.48. The van der Waals surface area contributed by atoms with Gasteiger partial charge >= 0.3 is 0 Å². The summed E-state index contributed by atoms with van der Waals surface area (Å²) in [7, 11) is 0. The van der Waals surface area contributed by atoms with Gasteiger partial charge in [-0.05, 0) is 30.1 Å². The minimum Gasteiger partial charge on any atom is -0.0649 e. The number of rotatable bonds is 5. The first-order valence-corrected chi connectivity index (χ1v) is 5.20. The Morgan fingerprint density at radius 2 is 1.75 bits per heavy atom. The Morgan fingerprint density at radius 1 is 1.25 bits per heavy atom. The van der Waals surface area contributed by atoms with Gasteiger partial charge in [-0.1, -0.05) is 48.0 Å². The molecule has 0 aromatic carbocycles. The zero-order valence-corrected chi connectivity index (χ0v) is 9.48. The Bertz CT molecular complexity index is 111. The number of hydrogen-bond donors (Lipinski definition) is 0. The van der Waals surface area contributed by atoms with Gasteiger partial charge in [-0.2, -0.15) is 0 Å². The molecular weight excluding hydrogens is 144 g/mol. The van der Waals surface area contributed by atoms with E-state index in [4.69, 9.17) is 0 Å². The first kappa shape index (κ1) is 12.0. The van der Waals surface area contributed by atoms with Crippen LogP contribution in [-0.2, 0) is 0 Å². The third kappa shape index (κ3) is 5.62. The summed E-state index contributed by atoms with van der Waals surface area (Å²) in [6.07, 6.45) is 3.88. The summed E-state index contributed by atoms with van der Waals surface area (Å²) in [5.41, 5.74) is 0.522. The molecule has 0 aromatic rings. The Labute approximate surface area is 78.8 Å². The summed E-state index contributed by atoms with van der Waals surface area (Å²) in [6.45, 7) is 15.6. The van der Waals surface area contributed by atoms with Crippen LogP contribution in [0.1, 0.15) is 53.9 Å². The van der Waals surface area contributed by atoms with Crippen LogP contribution in [-0.4, -0.2) is 0 Å². The summed E-state index contributed by atoms with van der Waals surface area (Å²) in [5.74, 6) is 1.43. The largest absolute Gasteiger partial charge is 0.0649 e. The van der Waals surface area contributed by atoms with Crippen molar-refractivity contribution in [2.24, 2.45) is 17.3 Å². The molecule has 0 heterocycles. The lowest BCUT2D eigenvalue weighted by molar-refractivity contribution is 0.250. The highest BCUT2D eigenvalue weighted by atomic mass is 14.2. The second-order valence-electron chi connectivity index (χ2n) is 5.17. The van der Waals surface area contributed by atoms with Gasteiger partial charge in [0.2, 0.25) is 0 Å². The predicted octanol–water partition coefficient (Wildman–Crippen LogP) is 4.31. The van der Waals surface area contributed by atoms with E-state index in [0.29, 0.717) is 11.3 Å². The van der Waals surface area contributed by atoms with Crippen LogP contribution >= 0.6 is 0 Å². The van der Waals surface area contributed by atoms with E-state index in [2.05, 4.69) is 41.5 Å². The Balaban J connectivity index is 3.75. The smallest absolute Gasteiger partial charge is 0.0354 e. The van der Waals surface area contributed by atoms with Crippen molar-refractivity contribution in [2.45, 2.75) is 53.9 Å². The van der Waals surface area contributed by atoms with Crippen LogP contribution < -0.4 is 0 Å². The van der Waals surface area contributed by atoms with Crippen molar-refractivity contribution in [3.63, 3.8) is 0 Å². The van der Waals surface area contributed by atoms with E-state index in [1.165, 1.54) is 19.3 Å². The lowest BCUT2D eigenvalue weighted by Crippen LogP contribution is -2.15. The third-order valence-corrected chi connectivity index (χ3v) is 2.66. The van der Waals surface area contributed by atoms with Gasteiger partial charge in [0, 0.05) is 0 Å². The first-order valence-electron chi connectivity index (χ1n) is 5.20. The molecule has 0 saturated carbocycles. The van der Waals surface area contributed by atoms with Crippen LogP contribution in [0.15, 0.2) is 0 Å². The molecule has 0 rings (SSSR count). The second-order valence-corrected chi connectivity index (χ2v) is 5.17. The molecule has 0 saturated heterocycles. The van der Waals surface area contributed by atoms with Gasteiger partial charge in [0.05, 0.1) is 0 Å². The minimum atomic E-state index is 0.522. The molecule has 2 unspecified atom stereocenters. The molecule has 0 amide bonds. The molecule has 0 spiro atoms. The summed E-state index contributed by atoms with van der Waals surface area (Å²) in [5, 5.41) is 0. The first-order chi connectivity index (χ1) is 5.37. The van der Waals surface area contributed by atoms with E-state index in [9.17, 15) is 0 Å². The van der Waals surface area contributed by atoms with E-state index in [-0.39, 0.29) is 0 Å². The Hall–Kier alpha value is 0. The molecule has 0 aliphatic carbocycles. The molecule has 0 N–H and O–H groups in total. The molecule has 12 heavy (non-hydrogen) atoms. The van der Waals surface area contributed by atoms with Crippen LogP contribution in [0.2, 0.25) is 0 Å². The topological polar surface area (TPSA) is 0 Å². The molecule has 0 aliphatic heterocycles. The van der Waals surface area contributed by atoms with Gasteiger partial charge in [-0.3, -0.25) is 0 Å². The van der Waals surface area contributed by atoms with E-state index < -0.39 is 0 Å².